The molecule has 1 aromatic heterocycles. The molecular formula is C13H21N3O. The van der Waals surface area contributed by atoms with Gasteiger partial charge in [-0.25, -0.2) is 0 Å². The molecule has 2 rings (SSSR count). The number of likely N-dealkylation sites (tertiary alicyclic amines) is 1. The topological polar surface area (TPSA) is 37.4 Å². The lowest BCUT2D eigenvalue weighted by molar-refractivity contribution is 0.101. The van der Waals surface area contributed by atoms with Gasteiger partial charge in [0.25, 0.3) is 0 Å². The fraction of sp³-hybridized carbons (Fsp3) is 0.615. The summed E-state index contributed by atoms with van der Waals surface area (Å²) in [5.74, 6) is 0.939. The van der Waals surface area contributed by atoms with Crippen molar-refractivity contribution < 1.29 is 4.74 Å². The second kappa shape index (κ2) is 6.57. The molecule has 0 aliphatic carbocycles. The molecular weight excluding hydrogens is 214 g/mol. The van der Waals surface area contributed by atoms with E-state index >= 15 is 0 Å². The highest BCUT2D eigenvalue weighted by atomic mass is 16.5. The number of aromatic nitrogens is 1. The molecule has 1 saturated heterocycles. The van der Waals surface area contributed by atoms with Crippen molar-refractivity contribution in [1.29, 1.82) is 0 Å². The summed E-state index contributed by atoms with van der Waals surface area (Å²) in [5.41, 5.74) is 0. The van der Waals surface area contributed by atoms with Crippen LogP contribution in [-0.4, -0.2) is 49.2 Å². The second-order valence-electron chi connectivity index (χ2n) is 4.45. The number of pyridine rings is 1. The van der Waals surface area contributed by atoms with Crippen LogP contribution in [0.4, 0.5) is 0 Å². The van der Waals surface area contributed by atoms with Crippen molar-refractivity contribution >= 4 is 0 Å². The zero-order valence-corrected chi connectivity index (χ0v) is 10.4. The first-order chi connectivity index (χ1) is 8.38. The summed E-state index contributed by atoms with van der Waals surface area (Å²) in [6.07, 6.45) is 6.15. The van der Waals surface area contributed by atoms with Crippen LogP contribution in [0.2, 0.25) is 0 Å². The molecule has 1 aliphatic heterocycles. The predicted octanol–water partition coefficient (Wildman–Crippen LogP) is 1.14. The molecule has 1 fully saturated rings. The molecule has 94 valence electrons. The van der Waals surface area contributed by atoms with Crippen molar-refractivity contribution in [3.8, 4) is 5.75 Å². The molecule has 0 radical (unpaired) electrons. The number of likely N-dealkylation sites (N-methyl/N-ethyl adjacent to an activating group) is 1. The largest absolute Gasteiger partial charge is 0.490 e. The quantitative estimate of drug-likeness (QED) is 0.830. The second-order valence-corrected chi connectivity index (χ2v) is 4.45. The summed E-state index contributed by atoms with van der Waals surface area (Å²) in [4.78, 5) is 6.48. The molecule has 0 saturated carbocycles. The van der Waals surface area contributed by atoms with E-state index in [1.165, 1.54) is 0 Å². The van der Waals surface area contributed by atoms with Gasteiger partial charge in [0.1, 0.15) is 11.9 Å². The number of ether oxygens (including phenoxy) is 1. The van der Waals surface area contributed by atoms with Gasteiger partial charge in [-0.05, 0) is 32.0 Å². The molecule has 1 N–H and O–H groups in total. The molecule has 4 nitrogen and oxygen atoms in total. The summed E-state index contributed by atoms with van der Waals surface area (Å²) >= 11 is 0. The minimum atomic E-state index is 0.364. The van der Waals surface area contributed by atoms with Gasteiger partial charge in [0.15, 0.2) is 0 Å². The molecule has 4 heteroatoms. The minimum absolute atomic E-state index is 0.364. The summed E-state index contributed by atoms with van der Waals surface area (Å²) in [6, 6.07) is 3.85. The number of piperidine rings is 1. The van der Waals surface area contributed by atoms with Gasteiger partial charge < -0.3 is 15.0 Å². The lowest BCUT2D eigenvalue weighted by atomic mass is 10.1. The van der Waals surface area contributed by atoms with Crippen LogP contribution in [0, 0.1) is 0 Å². The van der Waals surface area contributed by atoms with Crippen LogP contribution < -0.4 is 10.1 Å². The third kappa shape index (κ3) is 3.98. The highest BCUT2D eigenvalue weighted by Gasteiger charge is 2.19. The fourth-order valence-corrected chi connectivity index (χ4v) is 2.13. The number of hydrogen-bond acceptors (Lipinski definition) is 4. The smallest absolute Gasteiger partial charge is 0.122 e. The van der Waals surface area contributed by atoms with Gasteiger partial charge in [-0.3, -0.25) is 4.98 Å². The van der Waals surface area contributed by atoms with Crippen molar-refractivity contribution in [3.05, 3.63) is 24.5 Å². The van der Waals surface area contributed by atoms with Crippen molar-refractivity contribution in [2.45, 2.75) is 18.9 Å². The summed E-state index contributed by atoms with van der Waals surface area (Å²) in [6.45, 7) is 4.48. The van der Waals surface area contributed by atoms with Crippen LogP contribution in [0.5, 0.6) is 5.75 Å². The SMILES string of the molecule is CNCCN1CCC(Oc2ccncc2)CC1. The Morgan fingerprint density at radius 3 is 2.71 bits per heavy atom. The molecule has 2 heterocycles. The van der Waals surface area contributed by atoms with Gasteiger partial charge in [0.2, 0.25) is 0 Å². The van der Waals surface area contributed by atoms with E-state index in [1.54, 1.807) is 12.4 Å². The summed E-state index contributed by atoms with van der Waals surface area (Å²) < 4.78 is 5.93. The van der Waals surface area contributed by atoms with E-state index in [9.17, 15) is 0 Å². The van der Waals surface area contributed by atoms with Crippen LogP contribution in [0.15, 0.2) is 24.5 Å². The van der Waals surface area contributed by atoms with E-state index in [2.05, 4.69) is 15.2 Å². The Bertz CT molecular complexity index is 310. The third-order valence-electron chi connectivity index (χ3n) is 3.17. The highest BCUT2D eigenvalue weighted by Crippen LogP contribution is 2.17. The van der Waals surface area contributed by atoms with Gasteiger partial charge >= 0.3 is 0 Å². The van der Waals surface area contributed by atoms with Crippen LogP contribution in [0.25, 0.3) is 0 Å². The van der Waals surface area contributed by atoms with Gasteiger partial charge in [0.05, 0.1) is 0 Å². The molecule has 0 bridgehead atoms. The maximum Gasteiger partial charge on any atom is 0.122 e. The van der Waals surface area contributed by atoms with Crippen molar-refractivity contribution in [1.82, 2.24) is 15.2 Å². The Morgan fingerprint density at radius 1 is 1.35 bits per heavy atom. The first-order valence-electron chi connectivity index (χ1n) is 6.32. The monoisotopic (exact) mass is 235 g/mol. The highest BCUT2D eigenvalue weighted by molar-refractivity contribution is 5.17. The molecule has 17 heavy (non-hydrogen) atoms. The Labute approximate surface area is 103 Å². The predicted molar refractivity (Wildman–Crippen MR) is 68.3 cm³/mol. The Morgan fingerprint density at radius 2 is 2.06 bits per heavy atom. The van der Waals surface area contributed by atoms with Crippen LogP contribution >= 0.6 is 0 Å². The van der Waals surface area contributed by atoms with Gasteiger partial charge in [-0.2, -0.15) is 0 Å². The molecule has 0 spiro atoms. The average molecular weight is 235 g/mol. The van der Waals surface area contributed by atoms with E-state index in [4.69, 9.17) is 4.74 Å². The number of nitrogens with zero attached hydrogens (tertiary/aromatic N) is 2. The maximum atomic E-state index is 5.93. The van der Waals surface area contributed by atoms with Gasteiger partial charge in [0, 0.05) is 38.6 Å². The van der Waals surface area contributed by atoms with E-state index in [0.717, 1.165) is 44.8 Å². The molecule has 1 aliphatic rings. The Kier molecular flexibility index (Phi) is 4.76. The van der Waals surface area contributed by atoms with Crippen molar-refractivity contribution in [2.24, 2.45) is 0 Å². The average Bonchev–Trinajstić information content (AvgIpc) is 2.39. The molecule has 0 aromatic carbocycles. The van der Waals surface area contributed by atoms with Crippen molar-refractivity contribution in [2.75, 3.05) is 33.2 Å². The standard InChI is InChI=1S/C13H21N3O/c1-14-8-11-16-9-4-13(5-10-16)17-12-2-6-15-7-3-12/h2-3,6-7,13-14H,4-5,8-11H2,1H3. The minimum Gasteiger partial charge on any atom is -0.490 e. The van der Waals surface area contributed by atoms with E-state index in [1.807, 2.05) is 19.2 Å². The molecule has 0 unspecified atom stereocenters. The van der Waals surface area contributed by atoms with E-state index < -0.39 is 0 Å². The molecule has 1 aromatic rings. The van der Waals surface area contributed by atoms with E-state index in [-0.39, 0.29) is 0 Å². The fourth-order valence-electron chi connectivity index (χ4n) is 2.13. The summed E-state index contributed by atoms with van der Waals surface area (Å²) in [7, 11) is 2.00. The number of nitrogens with one attached hydrogen (secondary N) is 1. The zero-order valence-electron chi connectivity index (χ0n) is 10.4. The first-order valence-corrected chi connectivity index (χ1v) is 6.32. The third-order valence-corrected chi connectivity index (χ3v) is 3.17. The molecule has 0 amide bonds. The zero-order chi connectivity index (χ0) is 11.9. The van der Waals surface area contributed by atoms with Crippen molar-refractivity contribution in [3.63, 3.8) is 0 Å². The normalized spacial score (nSPS) is 18.2. The first kappa shape index (κ1) is 12.3. The Hall–Kier alpha value is -1.13. The van der Waals surface area contributed by atoms with Crippen LogP contribution in [0.1, 0.15) is 12.8 Å². The van der Waals surface area contributed by atoms with Gasteiger partial charge in [-0.15, -0.1) is 0 Å². The number of rotatable bonds is 5. The summed E-state index contributed by atoms with van der Waals surface area (Å²) in [5, 5.41) is 3.19. The van der Waals surface area contributed by atoms with E-state index in [0.29, 0.717) is 6.10 Å². The van der Waals surface area contributed by atoms with Crippen LogP contribution in [-0.2, 0) is 0 Å². The van der Waals surface area contributed by atoms with Crippen LogP contribution in [0.3, 0.4) is 0 Å². The lowest BCUT2D eigenvalue weighted by Gasteiger charge is -2.32. The molecule has 0 atom stereocenters. The lowest BCUT2D eigenvalue weighted by Crippen LogP contribution is -2.40. The Balaban J connectivity index is 1.72. The van der Waals surface area contributed by atoms with Gasteiger partial charge in [-0.1, -0.05) is 0 Å². The maximum absolute atomic E-state index is 5.93. The number of hydrogen-bond donors (Lipinski definition) is 1.